The highest BCUT2D eigenvalue weighted by atomic mass is 16.2. The first-order valence-electron chi connectivity index (χ1n) is 9.12. The van der Waals surface area contributed by atoms with Gasteiger partial charge in [0.15, 0.2) is 5.78 Å². The molecule has 1 N–H and O–H groups in total. The van der Waals surface area contributed by atoms with Gasteiger partial charge in [-0.15, -0.1) is 0 Å². The Hall–Kier alpha value is -3.20. The molecule has 3 heteroatoms. The van der Waals surface area contributed by atoms with Crippen LogP contribution in [0, 0.1) is 6.92 Å². The van der Waals surface area contributed by atoms with Crippen LogP contribution in [0.5, 0.6) is 0 Å². The van der Waals surface area contributed by atoms with E-state index in [-0.39, 0.29) is 30.6 Å². The number of hydrogen-bond acceptors (Lipinski definition) is 2. The number of benzene rings is 3. The predicted octanol–water partition coefficient (Wildman–Crippen LogP) is 4.86. The molecule has 136 valence electrons. The summed E-state index contributed by atoms with van der Waals surface area (Å²) < 4.78 is 0. The minimum Gasteiger partial charge on any atom is -0.345 e. The molecule has 0 aromatic heterocycles. The summed E-state index contributed by atoms with van der Waals surface area (Å²) in [6.45, 7) is 2.04. The van der Waals surface area contributed by atoms with Gasteiger partial charge in [-0.25, -0.2) is 0 Å². The van der Waals surface area contributed by atoms with Crippen molar-refractivity contribution in [3.8, 4) is 0 Å². The summed E-state index contributed by atoms with van der Waals surface area (Å²) in [5.74, 6) is -0.147. The van der Waals surface area contributed by atoms with Gasteiger partial charge in [0.25, 0.3) is 0 Å². The van der Waals surface area contributed by atoms with Gasteiger partial charge in [-0.05, 0) is 18.1 Å². The van der Waals surface area contributed by atoms with Crippen molar-refractivity contribution in [2.75, 3.05) is 0 Å². The third-order valence-corrected chi connectivity index (χ3v) is 4.52. The Morgan fingerprint density at radius 3 is 1.93 bits per heavy atom. The van der Waals surface area contributed by atoms with Crippen molar-refractivity contribution < 1.29 is 9.59 Å². The Morgan fingerprint density at radius 1 is 0.741 bits per heavy atom. The van der Waals surface area contributed by atoms with E-state index in [0.717, 1.165) is 11.1 Å². The molecule has 0 spiro atoms. The van der Waals surface area contributed by atoms with Gasteiger partial charge in [0.1, 0.15) is 0 Å². The molecule has 27 heavy (non-hydrogen) atoms. The van der Waals surface area contributed by atoms with Crippen molar-refractivity contribution >= 4 is 11.7 Å². The number of nitrogens with one attached hydrogen (secondary N) is 1. The van der Waals surface area contributed by atoms with E-state index in [0.29, 0.717) is 5.56 Å². The fourth-order valence-electron chi connectivity index (χ4n) is 2.99. The molecule has 1 unspecified atom stereocenters. The van der Waals surface area contributed by atoms with Crippen LogP contribution in [0.25, 0.3) is 0 Å². The largest absolute Gasteiger partial charge is 0.345 e. The maximum atomic E-state index is 12.5. The van der Waals surface area contributed by atoms with Crippen molar-refractivity contribution in [1.82, 2.24) is 5.32 Å². The highest BCUT2D eigenvalue weighted by Gasteiger charge is 2.17. The lowest BCUT2D eigenvalue weighted by Crippen LogP contribution is -2.29. The zero-order chi connectivity index (χ0) is 19.1. The average Bonchev–Trinajstić information content (AvgIpc) is 2.72. The number of ketones is 1. The molecule has 0 aliphatic carbocycles. The van der Waals surface area contributed by atoms with Crippen LogP contribution in [0.2, 0.25) is 0 Å². The lowest BCUT2D eigenvalue weighted by atomic mass is 9.97. The molecule has 0 aliphatic rings. The molecule has 0 radical (unpaired) electrons. The van der Waals surface area contributed by atoms with Gasteiger partial charge in [-0.1, -0.05) is 90.5 Å². The van der Waals surface area contributed by atoms with E-state index in [9.17, 15) is 9.59 Å². The number of aryl methyl sites for hydroxylation is 1. The molecular formula is C24H23NO2. The van der Waals surface area contributed by atoms with Crippen LogP contribution in [0.1, 0.15) is 45.9 Å². The molecule has 0 saturated heterocycles. The summed E-state index contributed by atoms with van der Waals surface area (Å²) in [5, 5.41) is 3.08. The van der Waals surface area contributed by atoms with E-state index >= 15 is 0 Å². The molecule has 0 fully saturated rings. The first kappa shape index (κ1) is 18.6. The number of carbonyl (C=O) groups is 2. The summed E-state index contributed by atoms with van der Waals surface area (Å²) in [5.41, 5.74) is 3.85. The zero-order valence-electron chi connectivity index (χ0n) is 15.4. The zero-order valence-corrected chi connectivity index (χ0v) is 15.4. The van der Waals surface area contributed by atoms with Gasteiger partial charge in [0, 0.05) is 18.4 Å². The highest BCUT2D eigenvalue weighted by Crippen LogP contribution is 2.22. The maximum absolute atomic E-state index is 12.5. The Kier molecular flexibility index (Phi) is 6.16. The molecule has 0 heterocycles. The van der Waals surface area contributed by atoms with E-state index in [2.05, 4.69) is 5.32 Å². The van der Waals surface area contributed by atoms with Crippen molar-refractivity contribution in [3.63, 3.8) is 0 Å². The summed E-state index contributed by atoms with van der Waals surface area (Å²) in [6.07, 6.45) is 0.369. The molecule has 0 saturated carbocycles. The number of carbonyl (C=O) groups excluding carboxylic acids is 2. The van der Waals surface area contributed by atoms with Crippen LogP contribution < -0.4 is 5.32 Å². The fraction of sp³-hybridized carbons (Fsp3) is 0.167. The molecule has 3 aromatic rings. The van der Waals surface area contributed by atoms with Gasteiger partial charge in [0.05, 0.1) is 6.04 Å². The van der Waals surface area contributed by atoms with Crippen molar-refractivity contribution in [1.29, 1.82) is 0 Å². The molecule has 3 aromatic carbocycles. The normalized spacial score (nSPS) is 11.6. The number of rotatable bonds is 7. The third kappa shape index (κ3) is 5.14. The van der Waals surface area contributed by atoms with Crippen LogP contribution in [0.3, 0.4) is 0 Å². The fourth-order valence-corrected chi connectivity index (χ4v) is 2.99. The van der Waals surface area contributed by atoms with Crippen LogP contribution in [0.15, 0.2) is 84.9 Å². The summed E-state index contributed by atoms with van der Waals surface area (Å²) in [6, 6.07) is 26.9. The standard InChI is InChI=1S/C24H23NO2/c1-18-12-14-21(15-13-18)24(20-10-6-3-7-11-20)25-23(27)17-16-22(26)19-8-4-2-5-9-19/h2-15,24H,16-17H2,1H3,(H,25,27). The second-order valence-electron chi connectivity index (χ2n) is 6.61. The van der Waals surface area contributed by atoms with Gasteiger partial charge < -0.3 is 5.32 Å². The van der Waals surface area contributed by atoms with Crippen LogP contribution >= 0.6 is 0 Å². The number of amides is 1. The molecular weight excluding hydrogens is 334 g/mol. The maximum Gasteiger partial charge on any atom is 0.221 e. The van der Waals surface area contributed by atoms with Crippen molar-refractivity contribution in [2.45, 2.75) is 25.8 Å². The average molecular weight is 357 g/mol. The molecule has 1 atom stereocenters. The Bertz CT molecular complexity index is 887. The molecule has 3 rings (SSSR count). The smallest absolute Gasteiger partial charge is 0.221 e. The van der Waals surface area contributed by atoms with Gasteiger partial charge in [-0.2, -0.15) is 0 Å². The van der Waals surface area contributed by atoms with Gasteiger partial charge >= 0.3 is 0 Å². The lowest BCUT2D eigenvalue weighted by Gasteiger charge is -2.20. The summed E-state index contributed by atoms with van der Waals surface area (Å²) in [7, 11) is 0. The van der Waals surface area contributed by atoms with Crippen molar-refractivity contribution in [2.24, 2.45) is 0 Å². The van der Waals surface area contributed by atoms with Crippen molar-refractivity contribution in [3.05, 3.63) is 107 Å². The topological polar surface area (TPSA) is 46.2 Å². The number of Topliss-reactive ketones (excluding diaryl/α,β-unsaturated/α-hetero) is 1. The predicted molar refractivity (Wildman–Crippen MR) is 108 cm³/mol. The molecule has 0 bridgehead atoms. The van der Waals surface area contributed by atoms with Gasteiger partial charge in [0.2, 0.25) is 5.91 Å². The SMILES string of the molecule is Cc1ccc(C(NC(=O)CCC(=O)c2ccccc2)c2ccccc2)cc1. The molecule has 3 nitrogen and oxygen atoms in total. The minimum atomic E-state index is -0.230. The van der Waals surface area contributed by atoms with E-state index in [1.165, 1.54) is 5.56 Å². The van der Waals surface area contributed by atoms with E-state index in [1.807, 2.05) is 79.7 Å². The lowest BCUT2D eigenvalue weighted by molar-refractivity contribution is -0.121. The second kappa shape index (κ2) is 8.95. The van der Waals surface area contributed by atoms with Crippen LogP contribution in [0.4, 0.5) is 0 Å². The quantitative estimate of drug-likeness (QED) is 0.614. The monoisotopic (exact) mass is 357 g/mol. The minimum absolute atomic E-state index is 0.0163. The van der Waals surface area contributed by atoms with E-state index < -0.39 is 0 Å². The third-order valence-electron chi connectivity index (χ3n) is 4.52. The Morgan fingerprint density at radius 2 is 1.30 bits per heavy atom. The van der Waals surface area contributed by atoms with Gasteiger partial charge in [-0.3, -0.25) is 9.59 Å². The van der Waals surface area contributed by atoms with E-state index in [4.69, 9.17) is 0 Å². The summed E-state index contributed by atoms with van der Waals surface area (Å²) >= 11 is 0. The second-order valence-corrected chi connectivity index (χ2v) is 6.61. The first-order valence-corrected chi connectivity index (χ1v) is 9.12. The molecule has 0 aliphatic heterocycles. The Balaban J connectivity index is 1.69. The summed E-state index contributed by atoms with van der Waals surface area (Å²) in [4.78, 5) is 24.8. The van der Waals surface area contributed by atoms with E-state index in [1.54, 1.807) is 12.1 Å². The Labute approximate surface area is 160 Å². The van der Waals surface area contributed by atoms with Crippen LogP contribution in [-0.4, -0.2) is 11.7 Å². The van der Waals surface area contributed by atoms with Crippen LogP contribution in [-0.2, 0) is 4.79 Å². The molecule has 1 amide bonds. The number of hydrogen-bond donors (Lipinski definition) is 1. The highest BCUT2D eigenvalue weighted by molar-refractivity contribution is 5.97. The first-order chi connectivity index (χ1) is 13.1.